The Kier molecular flexibility index (Phi) is 4.20. The van der Waals surface area contributed by atoms with Crippen LogP contribution >= 0.6 is 0 Å². The van der Waals surface area contributed by atoms with Crippen LogP contribution in [0.1, 0.15) is 10.4 Å². The lowest BCUT2D eigenvalue weighted by Gasteiger charge is -2.19. The van der Waals surface area contributed by atoms with Gasteiger partial charge in [-0.1, -0.05) is 6.07 Å². The molecule has 0 spiro atoms. The first kappa shape index (κ1) is 13.9. The highest BCUT2D eigenvalue weighted by Crippen LogP contribution is 2.22. The van der Waals surface area contributed by atoms with Crippen LogP contribution in [0.4, 0.5) is 11.5 Å². The van der Waals surface area contributed by atoms with Gasteiger partial charge in [0.25, 0.3) is 5.91 Å². The van der Waals surface area contributed by atoms with E-state index in [1.165, 1.54) is 0 Å². The first-order chi connectivity index (χ1) is 9.67. The van der Waals surface area contributed by atoms with Gasteiger partial charge in [-0.05, 0) is 24.3 Å². The average molecular weight is 271 g/mol. The fourth-order valence-electron chi connectivity index (χ4n) is 1.89. The Labute approximate surface area is 118 Å². The molecule has 0 atom stereocenters. The number of pyridine rings is 1. The third-order valence-corrected chi connectivity index (χ3v) is 3.02. The summed E-state index contributed by atoms with van der Waals surface area (Å²) in [6.07, 6.45) is 1.65. The highest BCUT2D eigenvalue weighted by atomic mass is 16.5. The van der Waals surface area contributed by atoms with Gasteiger partial charge >= 0.3 is 0 Å². The van der Waals surface area contributed by atoms with E-state index < -0.39 is 0 Å². The third kappa shape index (κ3) is 2.71. The van der Waals surface area contributed by atoms with Gasteiger partial charge in [0, 0.05) is 32.0 Å². The second-order valence-corrected chi connectivity index (χ2v) is 4.22. The molecule has 1 aromatic heterocycles. The zero-order chi connectivity index (χ0) is 14.5. The van der Waals surface area contributed by atoms with Crippen LogP contribution in [0.2, 0.25) is 0 Å². The molecule has 0 radical (unpaired) electrons. The molecule has 5 heteroatoms. The van der Waals surface area contributed by atoms with Crippen LogP contribution in [0, 0.1) is 0 Å². The monoisotopic (exact) mass is 271 g/mol. The molecule has 0 unspecified atom stereocenters. The number of nitrogens with zero attached hydrogens (tertiary/aromatic N) is 2. The molecular weight excluding hydrogens is 254 g/mol. The van der Waals surface area contributed by atoms with Crippen molar-refractivity contribution in [3.05, 3.63) is 48.2 Å². The van der Waals surface area contributed by atoms with Gasteiger partial charge in [-0.2, -0.15) is 0 Å². The Morgan fingerprint density at radius 3 is 2.80 bits per heavy atom. The van der Waals surface area contributed by atoms with Gasteiger partial charge in [0.2, 0.25) is 0 Å². The van der Waals surface area contributed by atoms with Crippen molar-refractivity contribution < 1.29 is 9.53 Å². The number of ether oxygens (including phenoxy) is 1. The van der Waals surface area contributed by atoms with Gasteiger partial charge in [0.05, 0.1) is 12.7 Å². The summed E-state index contributed by atoms with van der Waals surface area (Å²) in [6.45, 7) is 0. The van der Waals surface area contributed by atoms with Crippen LogP contribution in [0.5, 0.6) is 5.75 Å². The zero-order valence-electron chi connectivity index (χ0n) is 11.8. The Morgan fingerprint density at radius 2 is 2.10 bits per heavy atom. The molecule has 0 aliphatic heterocycles. The zero-order valence-corrected chi connectivity index (χ0v) is 11.8. The number of carbonyl (C=O) groups excluding carboxylic acids is 1. The summed E-state index contributed by atoms with van der Waals surface area (Å²) in [5, 5.41) is 2.92. The lowest BCUT2D eigenvalue weighted by Crippen LogP contribution is -2.27. The van der Waals surface area contributed by atoms with Crippen molar-refractivity contribution in [2.45, 2.75) is 0 Å². The van der Waals surface area contributed by atoms with Gasteiger partial charge in [0.15, 0.2) is 0 Å². The molecule has 0 aliphatic rings. The van der Waals surface area contributed by atoms with E-state index in [2.05, 4.69) is 10.3 Å². The van der Waals surface area contributed by atoms with Crippen LogP contribution in [-0.2, 0) is 0 Å². The van der Waals surface area contributed by atoms with E-state index in [1.807, 2.05) is 24.3 Å². The van der Waals surface area contributed by atoms with Crippen molar-refractivity contribution in [3.8, 4) is 5.75 Å². The normalized spacial score (nSPS) is 9.95. The molecule has 1 N–H and O–H groups in total. The third-order valence-electron chi connectivity index (χ3n) is 3.02. The molecule has 20 heavy (non-hydrogen) atoms. The predicted octanol–water partition coefficient (Wildman–Crippen LogP) is 2.41. The number of rotatable bonds is 4. The predicted molar refractivity (Wildman–Crippen MR) is 79.5 cm³/mol. The maximum atomic E-state index is 12.5. The maximum absolute atomic E-state index is 12.5. The van der Waals surface area contributed by atoms with E-state index in [4.69, 9.17) is 4.74 Å². The minimum atomic E-state index is -0.129. The van der Waals surface area contributed by atoms with Crippen LogP contribution in [-0.4, -0.2) is 32.1 Å². The minimum absolute atomic E-state index is 0.129. The Balaban J connectivity index is 2.32. The van der Waals surface area contributed by atoms with Crippen molar-refractivity contribution in [3.63, 3.8) is 0 Å². The molecule has 2 rings (SSSR count). The molecule has 0 saturated heterocycles. The molecule has 0 saturated carbocycles. The number of aromatic nitrogens is 1. The first-order valence-corrected chi connectivity index (χ1v) is 6.22. The highest BCUT2D eigenvalue weighted by Gasteiger charge is 2.17. The molecule has 1 amide bonds. The quantitative estimate of drug-likeness (QED) is 0.927. The van der Waals surface area contributed by atoms with E-state index in [0.717, 1.165) is 5.69 Å². The van der Waals surface area contributed by atoms with Gasteiger partial charge in [-0.3, -0.25) is 4.79 Å². The standard InChI is InChI=1S/C15H17N3O2/c1-16-14-13(8-5-9-17-14)15(19)18(2)11-6-4-7-12(10-11)20-3/h4-10H,1-3H3,(H,16,17). The number of carbonyl (C=O) groups is 1. The Hall–Kier alpha value is -2.56. The van der Waals surface area contributed by atoms with E-state index in [-0.39, 0.29) is 5.91 Å². The summed E-state index contributed by atoms with van der Waals surface area (Å²) in [5.74, 6) is 1.14. The van der Waals surface area contributed by atoms with E-state index in [1.54, 1.807) is 44.4 Å². The van der Waals surface area contributed by atoms with E-state index >= 15 is 0 Å². The fraction of sp³-hybridized carbons (Fsp3) is 0.200. The van der Waals surface area contributed by atoms with E-state index in [0.29, 0.717) is 17.1 Å². The smallest absolute Gasteiger partial charge is 0.261 e. The number of amides is 1. The molecule has 0 fully saturated rings. The van der Waals surface area contributed by atoms with Crippen molar-refractivity contribution in [1.29, 1.82) is 0 Å². The van der Waals surface area contributed by atoms with E-state index in [9.17, 15) is 4.79 Å². The van der Waals surface area contributed by atoms with Gasteiger partial charge < -0.3 is 15.0 Å². The number of methoxy groups -OCH3 is 1. The largest absolute Gasteiger partial charge is 0.497 e. The number of hydrogen-bond acceptors (Lipinski definition) is 4. The summed E-state index contributed by atoms with van der Waals surface area (Å²) in [5.41, 5.74) is 1.29. The SMILES string of the molecule is CNc1ncccc1C(=O)N(C)c1cccc(OC)c1. The maximum Gasteiger partial charge on any atom is 0.261 e. The molecular formula is C15H17N3O2. The van der Waals surface area contributed by atoms with Crippen LogP contribution in [0.3, 0.4) is 0 Å². The average Bonchev–Trinajstić information content (AvgIpc) is 2.53. The lowest BCUT2D eigenvalue weighted by molar-refractivity contribution is 0.0993. The Morgan fingerprint density at radius 1 is 1.30 bits per heavy atom. The molecule has 2 aromatic rings. The van der Waals surface area contributed by atoms with Crippen LogP contribution < -0.4 is 15.0 Å². The van der Waals surface area contributed by atoms with Gasteiger partial charge in [0.1, 0.15) is 11.6 Å². The molecule has 1 heterocycles. The van der Waals surface area contributed by atoms with Gasteiger partial charge in [-0.15, -0.1) is 0 Å². The second kappa shape index (κ2) is 6.06. The first-order valence-electron chi connectivity index (χ1n) is 6.22. The number of nitrogens with one attached hydrogen (secondary N) is 1. The Bertz CT molecular complexity index is 614. The van der Waals surface area contributed by atoms with Gasteiger partial charge in [-0.25, -0.2) is 4.98 Å². The topological polar surface area (TPSA) is 54.5 Å². The summed E-state index contributed by atoms with van der Waals surface area (Å²) >= 11 is 0. The summed E-state index contributed by atoms with van der Waals surface area (Å²) < 4.78 is 5.17. The van der Waals surface area contributed by atoms with Crippen molar-refractivity contribution in [2.75, 3.05) is 31.4 Å². The molecule has 0 aliphatic carbocycles. The summed E-state index contributed by atoms with van der Waals surface area (Å²) in [7, 11) is 5.06. The number of benzene rings is 1. The second-order valence-electron chi connectivity index (χ2n) is 4.22. The number of anilines is 2. The minimum Gasteiger partial charge on any atom is -0.497 e. The fourth-order valence-corrected chi connectivity index (χ4v) is 1.89. The lowest BCUT2D eigenvalue weighted by atomic mass is 10.2. The molecule has 5 nitrogen and oxygen atoms in total. The van der Waals surface area contributed by atoms with Crippen molar-refractivity contribution in [2.24, 2.45) is 0 Å². The number of hydrogen-bond donors (Lipinski definition) is 1. The molecule has 1 aromatic carbocycles. The highest BCUT2D eigenvalue weighted by molar-refractivity contribution is 6.08. The van der Waals surface area contributed by atoms with Crippen LogP contribution in [0.15, 0.2) is 42.6 Å². The molecule has 104 valence electrons. The summed E-state index contributed by atoms with van der Waals surface area (Å²) in [4.78, 5) is 18.2. The van der Waals surface area contributed by atoms with Crippen molar-refractivity contribution >= 4 is 17.4 Å². The summed E-state index contributed by atoms with van der Waals surface area (Å²) in [6, 6.07) is 10.8. The van der Waals surface area contributed by atoms with Crippen molar-refractivity contribution in [1.82, 2.24) is 4.98 Å². The van der Waals surface area contributed by atoms with Crippen LogP contribution in [0.25, 0.3) is 0 Å². The molecule has 0 bridgehead atoms.